The first kappa shape index (κ1) is 27.6. The van der Waals surface area contributed by atoms with Gasteiger partial charge in [0.2, 0.25) is 5.43 Å². The third-order valence-corrected chi connectivity index (χ3v) is 7.40. The Kier molecular flexibility index (Phi) is 8.41. The third-order valence-electron chi connectivity index (χ3n) is 5.70. The van der Waals surface area contributed by atoms with Gasteiger partial charge in [-0.15, -0.1) is 0 Å². The predicted octanol–water partition coefficient (Wildman–Crippen LogP) is 3.23. The van der Waals surface area contributed by atoms with E-state index in [1.807, 2.05) is 24.6 Å². The van der Waals surface area contributed by atoms with Gasteiger partial charge in [-0.25, -0.2) is 9.97 Å². The second kappa shape index (κ2) is 11.0. The topological polar surface area (TPSA) is 117 Å². The van der Waals surface area contributed by atoms with E-state index < -0.39 is 13.7 Å². The van der Waals surface area contributed by atoms with Gasteiger partial charge >= 0.3 is 0 Å². The molecule has 0 aromatic carbocycles. The first-order valence-corrected chi connectivity index (χ1v) is 15.8. The molecule has 0 radical (unpaired) electrons. The molecule has 0 aliphatic carbocycles. The number of rotatable bonds is 9. The number of imidazole rings is 1. The van der Waals surface area contributed by atoms with Gasteiger partial charge in [-0.05, 0) is 44.9 Å². The van der Waals surface area contributed by atoms with Crippen LogP contribution in [-0.2, 0) is 22.7 Å². The minimum atomic E-state index is -1.31. The van der Waals surface area contributed by atoms with Crippen molar-refractivity contribution >= 4 is 24.9 Å². The fourth-order valence-corrected chi connectivity index (χ4v) is 4.60. The van der Waals surface area contributed by atoms with Gasteiger partial charge in [-0.3, -0.25) is 4.79 Å². The molecule has 3 aromatic heterocycles. The van der Waals surface area contributed by atoms with Crippen molar-refractivity contribution in [1.29, 1.82) is 0 Å². The molecule has 0 bridgehead atoms. The summed E-state index contributed by atoms with van der Waals surface area (Å²) < 4.78 is 14.5. The number of methoxy groups -OCH3 is 1. The number of hydrogen-bond donors (Lipinski definition) is 2. The Hall–Kier alpha value is -2.97. The molecule has 10 heteroatoms. The number of aryl methyl sites for hydroxylation is 2. The summed E-state index contributed by atoms with van der Waals surface area (Å²) in [5.74, 6) is 6.40. The molecule has 9 nitrogen and oxygen atoms in total. The van der Waals surface area contributed by atoms with Crippen molar-refractivity contribution in [3.05, 3.63) is 39.9 Å². The fourth-order valence-electron chi connectivity index (χ4n) is 3.84. The molecule has 0 saturated carbocycles. The second-order valence-corrected chi connectivity index (χ2v) is 16.0. The summed E-state index contributed by atoms with van der Waals surface area (Å²) in [5, 5.41) is 10.7. The fraction of sp³-hybridized carbons (Fsp3) is 0.500. The highest BCUT2D eigenvalue weighted by Gasteiger charge is 2.22. The van der Waals surface area contributed by atoms with Crippen LogP contribution in [0.4, 0.5) is 5.82 Å². The lowest BCUT2D eigenvalue weighted by molar-refractivity contribution is 0.0274. The maximum absolute atomic E-state index is 13.6. The Bertz CT molecular complexity index is 1360. The van der Waals surface area contributed by atoms with Gasteiger partial charge in [0.1, 0.15) is 40.9 Å². The Morgan fingerprint density at radius 2 is 1.97 bits per heavy atom. The summed E-state index contributed by atoms with van der Waals surface area (Å²) in [5.41, 5.74) is 6.94. The van der Waals surface area contributed by atoms with E-state index in [4.69, 9.17) is 15.2 Å². The lowest BCUT2D eigenvalue weighted by Gasteiger charge is -2.18. The van der Waals surface area contributed by atoms with E-state index in [2.05, 4.69) is 41.4 Å². The van der Waals surface area contributed by atoms with E-state index in [0.717, 1.165) is 11.7 Å². The zero-order valence-corrected chi connectivity index (χ0v) is 23.3. The number of ether oxygens (including phenoxy) is 2. The summed E-state index contributed by atoms with van der Waals surface area (Å²) >= 11 is 0. The van der Waals surface area contributed by atoms with Crippen molar-refractivity contribution in [3.63, 3.8) is 0 Å². The molecule has 36 heavy (non-hydrogen) atoms. The van der Waals surface area contributed by atoms with E-state index in [-0.39, 0.29) is 24.6 Å². The number of nitrogen functional groups attached to an aromatic ring is 1. The molecule has 1 atom stereocenters. The van der Waals surface area contributed by atoms with Crippen LogP contribution in [0.5, 0.6) is 0 Å². The lowest BCUT2D eigenvalue weighted by atomic mass is 10.1. The molecule has 0 fully saturated rings. The number of hydrogen-bond acceptors (Lipinski definition) is 7. The average molecular weight is 512 g/mol. The largest absolute Gasteiger partial charge is 0.384 e. The molecule has 3 N–H and O–H groups in total. The number of nitrogens with zero attached hydrogens (tertiary/aromatic N) is 4. The summed E-state index contributed by atoms with van der Waals surface area (Å²) in [4.78, 5) is 22.8. The van der Waals surface area contributed by atoms with Crippen LogP contribution < -0.4 is 11.2 Å². The predicted molar refractivity (Wildman–Crippen MR) is 146 cm³/mol. The van der Waals surface area contributed by atoms with Gasteiger partial charge in [-0.1, -0.05) is 25.6 Å². The van der Waals surface area contributed by atoms with Crippen molar-refractivity contribution in [3.8, 4) is 23.2 Å². The molecule has 0 unspecified atom stereocenters. The molecule has 3 heterocycles. The van der Waals surface area contributed by atoms with Crippen LogP contribution in [0.25, 0.3) is 22.4 Å². The quantitative estimate of drug-likeness (QED) is 0.257. The van der Waals surface area contributed by atoms with E-state index in [0.29, 0.717) is 41.3 Å². The average Bonchev–Trinajstić information content (AvgIpc) is 3.15. The smallest absolute Gasteiger partial charge is 0.204 e. The van der Waals surface area contributed by atoms with Crippen LogP contribution in [0.3, 0.4) is 0 Å². The minimum absolute atomic E-state index is 0.0669. The Morgan fingerprint density at radius 1 is 1.25 bits per heavy atom. The summed E-state index contributed by atoms with van der Waals surface area (Å²) in [6.45, 7) is 13.8. The highest BCUT2D eigenvalue weighted by atomic mass is 28.3. The van der Waals surface area contributed by atoms with Gasteiger partial charge in [0.15, 0.2) is 0 Å². The van der Waals surface area contributed by atoms with Crippen molar-refractivity contribution in [2.75, 3.05) is 26.1 Å². The molecule has 0 aliphatic rings. The van der Waals surface area contributed by atoms with Gasteiger partial charge in [0.05, 0.1) is 17.7 Å². The second-order valence-electron chi connectivity index (χ2n) is 10.4. The first-order valence-electron chi connectivity index (χ1n) is 12.1. The molecular weight excluding hydrogens is 474 g/mol. The van der Waals surface area contributed by atoms with Crippen molar-refractivity contribution < 1.29 is 14.6 Å². The normalized spacial score (nSPS) is 13.4. The van der Waals surface area contributed by atoms with Crippen LogP contribution >= 0.6 is 0 Å². The lowest BCUT2D eigenvalue weighted by Crippen LogP contribution is -2.27. The molecule has 0 spiro atoms. The SMILES string of the molecule is CCn1c(N)c(-c2nc(C)cn2COCC[Si](C)(C)C)c(=O)c2ccc(C#C[C@@](C)(O)COC)nc21. The zero-order valence-electron chi connectivity index (χ0n) is 22.3. The van der Waals surface area contributed by atoms with Gasteiger partial charge < -0.3 is 29.4 Å². The van der Waals surface area contributed by atoms with Crippen LogP contribution in [0, 0.1) is 18.8 Å². The number of pyridine rings is 2. The first-order chi connectivity index (χ1) is 16.9. The highest BCUT2D eigenvalue weighted by Crippen LogP contribution is 2.26. The molecule has 0 aliphatic heterocycles. The van der Waals surface area contributed by atoms with Crippen LogP contribution in [-0.4, -0.2) is 58.2 Å². The third kappa shape index (κ3) is 6.42. The molecule has 0 amide bonds. The number of aromatic nitrogens is 4. The standard InChI is InChI=1S/C26H37N5O4Si/c1-8-31-23(27)21(25-28-18(2)15-30(25)17-35-13-14-36(5,6)7)22(32)20-10-9-19(29-24(20)31)11-12-26(3,33)16-34-4/h9-10,15,33H,8,13-14,16-17,27H2,1-7H3/t26-/m1/s1. The molecule has 3 rings (SSSR count). The Morgan fingerprint density at radius 3 is 2.61 bits per heavy atom. The molecular formula is C26H37N5O4Si. The number of fused-ring (bicyclic) bond motifs is 1. The minimum Gasteiger partial charge on any atom is -0.384 e. The highest BCUT2D eigenvalue weighted by molar-refractivity contribution is 6.76. The van der Waals surface area contributed by atoms with Crippen LogP contribution in [0.15, 0.2) is 23.1 Å². The summed E-state index contributed by atoms with van der Waals surface area (Å²) in [6, 6.07) is 4.41. The van der Waals surface area contributed by atoms with Gasteiger partial charge in [0.25, 0.3) is 0 Å². The zero-order chi connectivity index (χ0) is 26.7. The monoisotopic (exact) mass is 511 g/mol. The summed E-state index contributed by atoms with van der Waals surface area (Å²) in [6.07, 6.45) is 1.87. The van der Waals surface area contributed by atoms with Crippen molar-refractivity contribution in [1.82, 2.24) is 19.1 Å². The van der Waals surface area contributed by atoms with E-state index >= 15 is 0 Å². The number of nitrogens with two attached hydrogens (primary N) is 1. The van der Waals surface area contributed by atoms with E-state index in [1.165, 1.54) is 7.11 Å². The van der Waals surface area contributed by atoms with E-state index in [9.17, 15) is 9.90 Å². The number of anilines is 1. The molecule has 3 aromatic rings. The summed E-state index contributed by atoms with van der Waals surface area (Å²) in [7, 11) is 0.283. The van der Waals surface area contributed by atoms with Crippen LogP contribution in [0.2, 0.25) is 25.7 Å². The van der Waals surface area contributed by atoms with Crippen molar-refractivity contribution in [2.24, 2.45) is 0 Å². The van der Waals surface area contributed by atoms with Crippen molar-refractivity contribution in [2.45, 2.75) is 65.3 Å². The number of aliphatic hydroxyl groups is 1. The van der Waals surface area contributed by atoms with Crippen LogP contribution in [0.1, 0.15) is 25.2 Å². The van der Waals surface area contributed by atoms with Gasteiger partial charge in [0, 0.05) is 34.5 Å². The Balaban J connectivity index is 2.06. The molecule has 194 valence electrons. The molecule has 0 saturated heterocycles. The maximum atomic E-state index is 13.6. The van der Waals surface area contributed by atoms with Gasteiger partial charge in [-0.2, -0.15) is 0 Å². The maximum Gasteiger partial charge on any atom is 0.204 e. The van der Waals surface area contributed by atoms with E-state index in [1.54, 1.807) is 23.6 Å². The Labute approximate surface area is 213 Å².